The molecule has 2 heterocycles. The topological polar surface area (TPSA) is 90.1 Å². The van der Waals surface area contributed by atoms with E-state index in [1.165, 1.54) is 0 Å². The molecule has 0 spiro atoms. The molecule has 3 N–H and O–H groups in total. The summed E-state index contributed by atoms with van der Waals surface area (Å²) in [7, 11) is -3.47. The number of nitrogens with zero attached hydrogens (tertiary/aromatic N) is 2. The number of rotatable bonds is 5. The predicted molar refractivity (Wildman–Crippen MR) is 87.1 cm³/mol. The van der Waals surface area contributed by atoms with Crippen molar-refractivity contribution in [1.82, 2.24) is 25.1 Å². The zero-order chi connectivity index (χ0) is 13.9. The van der Waals surface area contributed by atoms with E-state index >= 15 is 0 Å². The number of nitrogens with one attached hydrogen (secondary N) is 3. The molecule has 0 aromatic carbocycles. The van der Waals surface area contributed by atoms with Gasteiger partial charge in [0, 0.05) is 39.3 Å². The molecule has 0 saturated carbocycles. The molecule has 10 heteroatoms. The molecule has 1 aromatic heterocycles. The van der Waals surface area contributed by atoms with E-state index in [1.54, 1.807) is 13.8 Å². The number of aromatic amines is 1. The number of sulfonamides is 1. The summed E-state index contributed by atoms with van der Waals surface area (Å²) in [5.41, 5.74) is 1.08. The number of halogens is 2. The summed E-state index contributed by atoms with van der Waals surface area (Å²) in [6.45, 7) is 8.42. The molecule has 0 aliphatic carbocycles. The Morgan fingerprint density at radius 2 is 1.86 bits per heavy atom. The van der Waals surface area contributed by atoms with Crippen molar-refractivity contribution in [1.29, 1.82) is 0 Å². The summed E-state index contributed by atoms with van der Waals surface area (Å²) in [4.78, 5) is 2.52. The highest BCUT2D eigenvalue weighted by molar-refractivity contribution is 7.89. The molecule has 21 heavy (non-hydrogen) atoms. The van der Waals surface area contributed by atoms with E-state index in [9.17, 15) is 8.42 Å². The van der Waals surface area contributed by atoms with Gasteiger partial charge in [-0.1, -0.05) is 0 Å². The van der Waals surface area contributed by atoms with E-state index in [4.69, 9.17) is 0 Å². The maximum atomic E-state index is 12.2. The fourth-order valence-corrected chi connectivity index (χ4v) is 3.67. The van der Waals surface area contributed by atoms with Gasteiger partial charge in [0.2, 0.25) is 10.0 Å². The van der Waals surface area contributed by atoms with Crippen LogP contribution in [0.4, 0.5) is 0 Å². The first-order valence-corrected chi connectivity index (χ1v) is 7.93. The van der Waals surface area contributed by atoms with Crippen molar-refractivity contribution in [2.45, 2.75) is 18.7 Å². The van der Waals surface area contributed by atoms with E-state index in [1.807, 2.05) is 0 Å². The van der Waals surface area contributed by atoms with Crippen LogP contribution in [0.2, 0.25) is 0 Å². The first kappa shape index (κ1) is 20.6. The zero-order valence-electron chi connectivity index (χ0n) is 12.2. The first-order valence-electron chi connectivity index (χ1n) is 6.45. The van der Waals surface area contributed by atoms with Gasteiger partial charge in [-0.2, -0.15) is 5.10 Å². The molecule has 1 saturated heterocycles. The predicted octanol–water partition coefficient (Wildman–Crippen LogP) is 0.0536. The monoisotopic (exact) mass is 359 g/mol. The standard InChI is InChI=1S/C11H21N5O2S.2ClH/c1-9-11(10(2)15-14-9)19(17,18)13-5-8-16-6-3-12-4-7-16;;/h12-13H,3-8H2,1-2H3,(H,14,15);2*1H. The largest absolute Gasteiger partial charge is 0.314 e. The van der Waals surface area contributed by atoms with Crippen LogP contribution < -0.4 is 10.0 Å². The molecule has 0 atom stereocenters. The van der Waals surface area contributed by atoms with Crippen molar-refractivity contribution in [3.63, 3.8) is 0 Å². The van der Waals surface area contributed by atoms with Crippen molar-refractivity contribution in [2.24, 2.45) is 0 Å². The van der Waals surface area contributed by atoms with Gasteiger partial charge in [0.05, 0.1) is 11.4 Å². The molecule has 1 aliphatic rings. The number of aromatic nitrogens is 2. The molecular weight excluding hydrogens is 337 g/mol. The summed E-state index contributed by atoms with van der Waals surface area (Å²) in [5, 5.41) is 9.88. The Bertz CT molecular complexity index is 509. The van der Waals surface area contributed by atoms with E-state index in [-0.39, 0.29) is 29.7 Å². The van der Waals surface area contributed by atoms with E-state index in [2.05, 4.69) is 25.1 Å². The average molecular weight is 360 g/mol. The minimum absolute atomic E-state index is 0. The van der Waals surface area contributed by atoms with Gasteiger partial charge in [0.25, 0.3) is 0 Å². The van der Waals surface area contributed by atoms with Crippen molar-refractivity contribution in [3.8, 4) is 0 Å². The van der Waals surface area contributed by atoms with Gasteiger partial charge in [-0.05, 0) is 13.8 Å². The quantitative estimate of drug-likeness (QED) is 0.691. The summed E-state index contributed by atoms with van der Waals surface area (Å²) >= 11 is 0. The third kappa shape index (κ3) is 5.39. The van der Waals surface area contributed by atoms with Gasteiger partial charge in [-0.25, -0.2) is 13.1 Å². The smallest absolute Gasteiger partial charge is 0.244 e. The van der Waals surface area contributed by atoms with Crippen LogP contribution in [-0.4, -0.2) is 62.8 Å². The molecule has 1 fully saturated rings. The van der Waals surface area contributed by atoms with E-state index < -0.39 is 10.0 Å². The van der Waals surface area contributed by atoms with Gasteiger partial charge in [0.1, 0.15) is 4.90 Å². The lowest BCUT2D eigenvalue weighted by Gasteiger charge is -2.27. The van der Waals surface area contributed by atoms with Crippen LogP contribution in [-0.2, 0) is 10.0 Å². The molecular formula is C11H23Cl2N5O2S. The lowest BCUT2D eigenvalue weighted by molar-refractivity contribution is 0.245. The van der Waals surface area contributed by atoms with Gasteiger partial charge in [-0.3, -0.25) is 10.00 Å². The normalized spacial score (nSPS) is 16.1. The lowest BCUT2D eigenvalue weighted by atomic mass is 10.3. The van der Waals surface area contributed by atoms with Crippen LogP contribution in [0.1, 0.15) is 11.4 Å². The summed E-state index contributed by atoms with van der Waals surface area (Å²) in [5.74, 6) is 0. The number of H-pyrrole nitrogens is 1. The second kappa shape index (κ2) is 8.92. The Hall–Kier alpha value is -0.380. The van der Waals surface area contributed by atoms with Gasteiger partial charge in [0.15, 0.2) is 0 Å². The van der Waals surface area contributed by atoms with E-state index in [0.29, 0.717) is 17.9 Å². The minimum Gasteiger partial charge on any atom is -0.314 e. The summed E-state index contributed by atoms with van der Waals surface area (Å²) in [6, 6.07) is 0. The van der Waals surface area contributed by atoms with Crippen LogP contribution in [0, 0.1) is 13.8 Å². The Morgan fingerprint density at radius 1 is 1.24 bits per heavy atom. The zero-order valence-corrected chi connectivity index (χ0v) is 14.6. The second-order valence-corrected chi connectivity index (χ2v) is 6.46. The van der Waals surface area contributed by atoms with E-state index in [0.717, 1.165) is 32.7 Å². The molecule has 0 unspecified atom stereocenters. The Morgan fingerprint density at radius 3 is 2.38 bits per heavy atom. The lowest BCUT2D eigenvalue weighted by Crippen LogP contribution is -2.46. The van der Waals surface area contributed by atoms with Crippen molar-refractivity contribution in [3.05, 3.63) is 11.4 Å². The average Bonchev–Trinajstić information content (AvgIpc) is 2.70. The fraction of sp³-hybridized carbons (Fsp3) is 0.727. The number of hydrogen-bond acceptors (Lipinski definition) is 5. The number of hydrogen-bond donors (Lipinski definition) is 3. The maximum absolute atomic E-state index is 12.2. The maximum Gasteiger partial charge on any atom is 0.244 e. The highest BCUT2D eigenvalue weighted by Crippen LogP contribution is 2.15. The molecule has 2 rings (SSSR count). The third-order valence-corrected chi connectivity index (χ3v) is 4.98. The molecule has 1 aromatic rings. The van der Waals surface area contributed by atoms with Crippen LogP contribution in [0.25, 0.3) is 0 Å². The Kier molecular flexibility index (Phi) is 8.76. The molecule has 1 aliphatic heterocycles. The van der Waals surface area contributed by atoms with Crippen molar-refractivity contribution in [2.75, 3.05) is 39.3 Å². The summed E-state index contributed by atoms with van der Waals surface area (Å²) in [6.07, 6.45) is 0. The summed E-state index contributed by atoms with van der Waals surface area (Å²) < 4.78 is 27.0. The second-order valence-electron chi connectivity index (χ2n) is 4.75. The van der Waals surface area contributed by atoms with Crippen LogP contribution in [0.15, 0.2) is 4.90 Å². The first-order chi connectivity index (χ1) is 9.00. The fourth-order valence-electron chi connectivity index (χ4n) is 2.28. The SMILES string of the molecule is Cc1n[nH]c(C)c1S(=O)(=O)NCCN1CCNCC1.Cl.Cl. The number of piperazine rings is 1. The molecule has 7 nitrogen and oxygen atoms in total. The molecule has 124 valence electrons. The molecule has 0 bridgehead atoms. The minimum atomic E-state index is -3.47. The van der Waals surface area contributed by atoms with Gasteiger partial charge < -0.3 is 5.32 Å². The Labute approximate surface area is 138 Å². The highest BCUT2D eigenvalue weighted by Gasteiger charge is 2.22. The van der Waals surface area contributed by atoms with Gasteiger partial charge >= 0.3 is 0 Å². The number of aryl methyl sites for hydroxylation is 2. The van der Waals surface area contributed by atoms with Crippen molar-refractivity contribution >= 4 is 34.8 Å². The molecule has 0 radical (unpaired) electrons. The van der Waals surface area contributed by atoms with Crippen LogP contribution >= 0.6 is 24.8 Å². The van der Waals surface area contributed by atoms with Crippen LogP contribution in [0.3, 0.4) is 0 Å². The molecule has 0 amide bonds. The Balaban J connectivity index is 0.00000200. The van der Waals surface area contributed by atoms with Crippen molar-refractivity contribution < 1.29 is 8.42 Å². The van der Waals surface area contributed by atoms with Crippen LogP contribution in [0.5, 0.6) is 0 Å². The highest BCUT2D eigenvalue weighted by atomic mass is 35.5. The van der Waals surface area contributed by atoms with Gasteiger partial charge in [-0.15, -0.1) is 24.8 Å². The third-order valence-electron chi connectivity index (χ3n) is 3.26.